The minimum absolute atomic E-state index is 0.247. The quantitative estimate of drug-likeness (QED) is 0.444. The summed E-state index contributed by atoms with van der Waals surface area (Å²) in [6, 6.07) is 14.3. The molecule has 0 radical (unpaired) electrons. The predicted octanol–water partition coefficient (Wildman–Crippen LogP) is 4.02. The van der Waals surface area contributed by atoms with Crippen molar-refractivity contribution in [2.45, 2.75) is 24.9 Å². The van der Waals surface area contributed by atoms with Gasteiger partial charge in [-0.15, -0.1) is 0 Å². The second kappa shape index (κ2) is 7.11. The molecule has 2 N–H and O–H groups in total. The van der Waals surface area contributed by atoms with Crippen LogP contribution in [-0.2, 0) is 0 Å². The minimum Gasteiger partial charge on any atom is -0.366 e. The van der Waals surface area contributed by atoms with Gasteiger partial charge in [0.05, 0.1) is 23.6 Å². The molecule has 8 heteroatoms. The van der Waals surface area contributed by atoms with Gasteiger partial charge in [-0.2, -0.15) is 10.2 Å². The highest BCUT2D eigenvalue weighted by molar-refractivity contribution is 5.97. The van der Waals surface area contributed by atoms with Gasteiger partial charge in [-0.25, -0.2) is 13.9 Å². The number of piperidine rings is 2. The monoisotopic (exact) mass is 439 g/mol. The summed E-state index contributed by atoms with van der Waals surface area (Å²) in [5.74, 6) is -0.247. The first-order valence-corrected chi connectivity index (χ1v) is 11.3. The average Bonchev–Trinajstić information content (AvgIpc) is 3.52. The van der Waals surface area contributed by atoms with Crippen LogP contribution >= 0.6 is 0 Å². The summed E-state index contributed by atoms with van der Waals surface area (Å²) in [6.45, 7) is 1.91. The van der Waals surface area contributed by atoms with Crippen LogP contribution in [-0.4, -0.2) is 50.0 Å². The minimum atomic E-state index is -0.247. The van der Waals surface area contributed by atoms with E-state index in [9.17, 15) is 0 Å². The molecule has 2 aromatic carbocycles. The molecule has 3 aromatic heterocycles. The van der Waals surface area contributed by atoms with E-state index >= 15 is 4.39 Å². The Morgan fingerprint density at radius 3 is 2.79 bits per heavy atom. The largest absolute Gasteiger partial charge is 0.366 e. The van der Waals surface area contributed by atoms with E-state index in [-0.39, 0.29) is 5.82 Å². The fourth-order valence-electron chi connectivity index (χ4n) is 5.40. The van der Waals surface area contributed by atoms with Crippen LogP contribution in [0.15, 0.2) is 61.1 Å². The zero-order chi connectivity index (χ0) is 21.9. The van der Waals surface area contributed by atoms with Crippen molar-refractivity contribution in [1.82, 2.24) is 30.1 Å². The van der Waals surface area contributed by atoms with E-state index in [0.717, 1.165) is 47.2 Å². The Labute approximate surface area is 189 Å². The highest BCUT2D eigenvalue weighted by Gasteiger charge is 2.33. The summed E-state index contributed by atoms with van der Waals surface area (Å²) in [6.07, 6.45) is 7.67. The van der Waals surface area contributed by atoms with E-state index in [4.69, 9.17) is 0 Å². The third-order valence-electron chi connectivity index (χ3n) is 7.08. The normalized spacial score (nSPS) is 20.2. The molecular weight excluding hydrogens is 417 g/mol. The van der Waals surface area contributed by atoms with Gasteiger partial charge < -0.3 is 10.2 Å². The molecule has 6 heterocycles. The Kier molecular flexibility index (Phi) is 4.04. The van der Waals surface area contributed by atoms with Crippen molar-refractivity contribution < 1.29 is 4.39 Å². The van der Waals surface area contributed by atoms with E-state index in [0.29, 0.717) is 29.0 Å². The number of nitrogens with zero attached hydrogens (tertiary/aromatic N) is 5. The first-order chi connectivity index (χ1) is 16.3. The van der Waals surface area contributed by atoms with E-state index in [1.165, 1.54) is 6.42 Å². The smallest absolute Gasteiger partial charge is 0.163 e. The number of anilines is 1. The lowest BCUT2D eigenvalue weighted by Crippen LogP contribution is -2.61. The fraction of sp³-hybridized carbons (Fsp3) is 0.240. The van der Waals surface area contributed by atoms with E-state index in [1.807, 2.05) is 36.4 Å². The molecule has 2 atom stereocenters. The topological polar surface area (TPSA) is 74.1 Å². The van der Waals surface area contributed by atoms with Crippen LogP contribution in [0.4, 0.5) is 10.1 Å². The highest BCUT2D eigenvalue weighted by atomic mass is 19.1. The molecule has 164 valence electrons. The van der Waals surface area contributed by atoms with Crippen LogP contribution in [0.2, 0.25) is 0 Å². The molecule has 0 aliphatic carbocycles. The summed E-state index contributed by atoms with van der Waals surface area (Å²) in [5.41, 5.74) is 5.66. The van der Waals surface area contributed by atoms with Gasteiger partial charge in [0.15, 0.2) is 5.65 Å². The second-order valence-corrected chi connectivity index (χ2v) is 8.91. The zero-order valence-electron chi connectivity index (χ0n) is 17.9. The van der Waals surface area contributed by atoms with Crippen LogP contribution in [0.25, 0.3) is 38.9 Å². The van der Waals surface area contributed by atoms with Gasteiger partial charge in [0.2, 0.25) is 0 Å². The lowest BCUT2D eigenvalue weighted by molar-refractivity contribution is 0.290. The third kappa shape index (κ3) is 2.87. The van der Waals surface area contributed by atoms with Crippen LogP contribution < -0.4 is 10.2 Å². The van der Waals surface area contributed by atoms with Crippen molar-refractivity contribution in [3.8, 4) is 22.4 Å². The second-order valence-electron chi connectivity index (χ2n) is 8.91. The van der Waals surface area contributed by atoms with Gasteiger partial charge in [0.1, 0.15) is 5.82 Å². The molecule has 3 fully saturated rings. The van der Waals surface area contributed by atoms with Crippen LogP contribution in [0, 0.1) is 5.82 Å². The molecule has 8 rings (SSSR count). The summed E-state index contributed by atoms with van der Waals surface area (Å²) < 4.78 is 17.2. The van der Waals surface area contributed by atoms with Gasteiger partial charge >= 0.3 is 0 Å². The Balaban J connectivity index is 1.31. The number of fused-ring (bicyclic) bond motifs is 5. The number of halogens is 1. The number of nitrogens with one attached hydrogen (secondary N) is 2. The summed E-state index contributed by atoms with van der Waals surface area (Å²) in [7, 11) is 0. The maximum atomic E-state index is 15.4. The Morgan fingerprint density at radius 1 is 1.00 bits per heavy atom. The number of hydrogen-bond acceptors (Lipinski definition) is 5. The van der Waals surface area contributed by atoms with Gasteiger partial charge in [-0.3, -0.25) is 5.10 Å². The summed E-state index contributed by atoms with van der Waals surface area (Å²) in [5, 5.41) is 16.3. The molecule has 3 aliphatic heterocycles. The van der Waals surface area contributed by atoms with Gasteiger partial charge in [-0.1, -0.05) is 12.1 Å². The number of H-pyrrole nitrogens is 1. The van der Waals surface area contributed by atoms with E-state index in [1.54, 1.807) is 29.2 Å². The average molecular weight is 439 g/mol. The number of aromatic nitrogens is 5. The van der Waals surface area contributed by atoms with E-state index in [2.05, 4.69) is 30.5 Å². The van der Waals surface area contributed by atoms with Crippen molar-refractivity contribution in [2.75, 3.05) is 18.0 Å². The lowest BCUT2D eigenvalue weighted by Gasteiger charge is -2.47. The molecule has 3 saturated heterocycles. The van der Waals surface area contributed by atoms with Crippen molar-refractivity contribution in [3.63, 3.8) is 0 Å². The number of rotatable bonds is 3. The summed E-state index contributed by atoms with van der Waals surface area (Å²) in [4.78, 5) is 6.92. The molecule has 0 spiro atoms. The molecule has 0 saturated carbocycles. The molecule has 0 unspecified atom stereocenters. The number of piperazine rings is 1. The number of benzene rings is 2. The SMILES string of the molecule is Fc1cc(N2C[C@@H]3CC[C@H]2CN3)ccc1-c1ccnc2c(-c3cccc4[nH]ncc34)cnn12. The standard InChI is InChI=1S/C25H22FN7/c26-22-10-16(32-14-15-4-5-17(32)11-28-15)6-7-19(22)24-8-9-27-25-21(13-30-33(24)25)18-2-1-3-23-20(18)12-29-31-23/h1-3,6-10,12-13,15,17,28H,4-5,11,14H2,(H,29,31)/t15-,17-/m0/s1. The van der Waals surface area contributed by atoms with Crippen LogP contribution in [0.3, 0.4) is 0 Å². The maximum Gasteiger partial charge on any atom is 0.163 e. The maximum absolute atomic E-state index is 15.4. The first kappa shape index (κ1) is 18.8. The van der Waals surface area contributed by atoms with Gasteiger partial charge in [0, 0.05) is 53.6 Å². The Hall–Kier alpha value is -3.78. The number of hydrogen-bond donors (Lipinski definition) is 2. The van der Waals surface area contributed by atoms with Gasteiger partial charge in [-0.05, 0) is 48.7 Å². The van der Waals surface area contributed by atoms with Crippen molar-refractivity contribution in [1.29, 1.82) is 0 Å². The van der Waals surface area contributed by atoms with Crippen molar-refractivity contribution >= 4 is 22.2 Å². The van der Waals surface area contributed by atoms with Crippen LogP contribution in [0.1, 0.15) is 12.8 Å². The number of aromatic amines is 1. The van der Waals surface area contributed by atoms with Gasteiger partial charge in [0.25, 0.3) is 0 Å². The molecule has 3 aliphatic rings. The van der Waals surface area contributed by atoms with E-state index < -0.39 is 0 Å². The molecule has 2 bridgehead atoms. The van der Waals surface area contributed by atoms with Crippen LogP contribution in [0.5, 0.6) is 0 Å². The molecule has 5 aromatic rings. The Morgan fingerprint density at radius 2 is 1.97 bits per heavy atom. The molecule has 7 nitrogen and oxygen atoms in total. The molecule has 33 heavy (non-hydrogen) atoms. The zero-order valence-corrected chi connectivity index (χ0v) is 17.9. The third-order valence-corrected chi connectivity index (χ3v) is 7.08. The first-order valence-electron chi connectivity index (χ1n) is 11.3. The van der Waals surface area contributed by atoms with Crippen molar-refractivity contribution in [2.24, 2.45) is 0 Å². The predicted molar refractivity (Wildman–Crippen MR) is 126 cm³/mol. The lowest BCUT2D eigenvalue weighted by atomic mass is 9.92. The fourth-order valence-corrected chi connectivity index (χ4v) is 5.40. The Bertz CT molecular complexity index is 1500. The highest BCUT2D eigenvalue weighted by Crippen LogP contribution is 2.34. The molecular formula is C25H22FN7. The molecule has 0 amide bonds. The summed E-state index contributed by atoms with van der Waals surface area (Å²) >= 11 is 0. The van der Waals surface area contributed by atoms with Crippen molar-refractivity contribution in [3.05, 3.63) is 66.9 Å².